The molecule has 0 aliphatic carbocycles. The van der Waals surface area contributed by atoms with Crippen LogP contribution in [0.15, 0.2) is 40.9 Å². The molecular formula is C16H16BrNO2S. The number of thiocarbonyl (C=S) groups is 1. The van der Waals surface area contributed by atoms with Crippen LogP contribution in [-0.2, 0) is 6.61 Å². The number of benzene rings is 2. The van der Waals surface area contributed by atoms with Crippen molar-refractivity contribution >= 4 is 33.1 Å². The molecular weight excluding hydrogens is 350 g/mol. The second-order valence-corrected chi connectivity index (χ2v) is 5.89. The lowest BCUT2D eigenvalue weighted by atomic mass is 10.1. The highest BCUT2D eigenvalue weighted by Gasteiger charge is 2.07. The van der Waals surface area contributed by atoms with E-state index in [-0.39, 0.29) is 0 Å². The Labute approximate surface area is 138 Å². The Morgan fingerprint density at radius 3 is 2.62 bits per heavy atom. The highest BCUT2D eigenvalue weighted by molar-refractivity contribution is 9.10. The fraction of sp³-hybridized carbons (Fsp3) is 0.188. The summed E-state index contributed by atoms with van der Waals surface area (Å²) in [5.41, 5.74) is 8.55. The first-order chi connectivity index (χ1) is 10.0. The van der Waals surface area contributed by atoms with Gasteiger partial charge < -0.3 is 15.2 Å². The van der Waals surface area contributed by atoms with Gasteiger partial charge in [0.25, 0.3) is 0 Å². The van der Waals surface area contributed by atoms with Gasteiger partial charge in [0.2, 0.25) is 0 Å². The third-order valence-electron chi connectivity index (χ3n) is 3.06. The molecule has 2 N–H and O–H groups in total. The molecule has 0 aliphatic rings. The quantitative estimate of drug-likeness (QED) is 0.813. The molecule has 0 bridgehead atoms. The van der Waals surface area contributed by atoms with Crippen LogP contribution in [0.5, 0.6) is 11.5 Å². The Morgan fingerprint density at radius 2 is 2.00 bits per heavy atom. The zero-order valence-corrected chi connectivity index (χ0v) is 14.3. The van der Waals surface area contributed by atoms with Crippen molar-refractivity contribution in [1.82, 2.24) is 0 Å². The minimum Gasteiger partial charge on any atom is -0.496 e. The van der Waals surface area contributed by atoms with Gasteiger partial charge in [0, 0.05) is 4.47 Å². The summed E-state index contributed by atoms with van der Waals surface area (Å²) < 4.78 is 12.1. The Balaban J connectivity index is 2.14. The molecule has 110 valence electrons. The zero-order valence-electron chi connectivity index (χ0n) is 11.9. The van der Waals surface area contributed by atoms with Crippen molar-refractivity contribution in [1.29, 1.82) is 0 Å². The molecule has 2 aromatic rings. The minimum absolute atomic E-state index is 0.313. The van der Waals surface area contributed by atoms with Crippen molar-refractivity contribution in [2.75, 3.05) is 7.11 Å². The van der Waals surface area contributed by atoms with Gasteiger partial charge in [0.15, 0.2) is 0 Å². The standard InChI is InChI=1S/C16H16BrNO2S/c1-10-7-12(4-5-14(10)17)20-9-11-3-6-15(19-2)13(8-11)16(18)21/h3-8H,9H2,1-2H3,(H2,18,21). The van der Waals surface area contributed by atoms with Gasteiger partial charge in [0.05, 0.1) is 12.7 Å². The average Bonchev–Trinajstić information content (AvgIpc) is 2.48. The van der Waals surface area contributed by atoms with E-state index in [4.69, 9.17) is 27.4 Å². The van der Waals surface area contributed by atoms with Gasteiger partial charge in [-0.2, -0.15) is 0 Å². The van der Waals surface area contributed by atoms with E-state index in [1.165, 1.54) is 0 Å². The minimum atomic E-state index is 0.313. The number of rotatable bonds is 5. The van der Waals surface area contributed by atoms with E-state index in [9.17, 15) is 0 Å². The van der Waals surface area contributed by atoms with Crippen LogP contribution in [0.1, 0.15) is 16.7 Å². The van der Waals surface area contributed by atoms with Crippen LogP contribution < -0.4 is 15.2 Å². The van der Waals surface area contributed by atoms with Gasteiger partial charge >= 0.3 is 0 Å². The normalized spacial score (nSPS) is 10.2. The summed E-state index contributed by atoms with van der Waals surface area (Å²) >= 11 is 8.51. The number of hydrogen-bond acceptors (Lipinski definition) is 3. The summed E-state index contributed by atoms with van der Waals surface area (Å²) in [5.74, 6) is 1.49. The molecule has 0 heterocycles. The Hall–Kier alpha value is -1.59. The lowest BCUT2D eigenvalue weighted by molar-refractivity contribution is 0.305. The number of methoxy groups -OCH3 is 1. The number of nitrogens with two attached hydrogens (primary N) is 1. The number of halogens is 1. The number of ether oxygens (including phenoxy) is 2. The molecule has 21 heavy (non-hydrogen) atoms. The predicted molar refractivity (Wildman–Crippen MR) is 92.1 cm³/mol. The molecule has 0 unspecified atom stereocenters. The van der Waals surface area contributed by atoms with Crippen molar-refractivity contribution in [2.45, 2.75) is 13.5 Å². The maximum absolute atomic E-state index is 5.79. The fourth-order valence-corrected chi connectivity index (χ4v) is 2.32. The van der Waals surface area contributed by atoms with E-state index in [1.807, 2.05) is 43.3 Å². The lowest BCUT2D eigenvalue weighted by Gasteiger charge is -2.11. The first kappa shape index (κ1) is 15.8. The largest absolute Gasteiger partial charge is 0.496 e. The molecule has 0 aromatic heterocycles. The van der Waals surface area contributed by atoms with E-state index in [0.717, 1.165) is 26.9 Å². The Morgan fingerprint density at radius 1 is 1.24 bits per heavy atom. The van der Waals surface area contributed by atoms with Crippen molar-refractivity contribution in [3.05, 3.63) is 57.6 Å². The van der Waals surface area contributed by atoms with E-state index < -0.39 is 0 Å². The topological polar surface area (TPSA) is 44.5 Å². The average molecular weight is 366 g/mol. The summed E-state index contributed by atoms with van der Waals surface area (Å²) in [6.45, 7) is 2.47. The predicted octanol–water partition coefficient (Wildman–Crippen LogP) is 3.98. The smallest absolute Gasteiger partial charge is 0.129 e. The molecule has 0 amide bonds. The molecule has 0 saturated heterocycles. The van der Waals surface area contributed by atoms with E-state index >= 15 is 0 Å². The summed E-state index contributed by atoms with van der Waals surface area (Å²) in [7, 11) is 1.60. The SMILES string of the molecule is COc1ccc(COc2ccc(Br)c(C)c2)cc1C(N)=S. The zero-order chi connectivity index (χ0) is 15.4. The van der Waals surface area contributed by atoms with E-state index in [1.54, 1.807) is 7.11 Å². The van der Waals surface area contributed by atoms with Crippen molar-refractivity contribution < 1.29 is 9.47 Å². The van der Waals surface area contributed by atoms with Crippen LogP contribution in [0.3, 0.4) is 0 Å². The third-order valence-corrected chi connectivity index (χ3v) is 4.17. The van der Waals surface area contributed by atoms with E-state index in [2.05, 4.69) is 15.9 Å². The van der Waals surface area contributed by atoms with Crippen LogP contribution in [0, 0.1) is 6.92 Å². The molecule has 0 spiro atoms. The van der Waals surface area contributed by atoms with Crippen LogP contribution in [0.25, 0.3) is 0 Å². The van der Waals surface area contributed by atoms with Gasteiger partial charge in [0.1, 0.15) is 23.1 Å². The van der Waals surface area contributed by atoms with Gasteiger partial charge in [-0.15, -0.1) is 0 Å². The first-order valence-electron chi connectivity index (χ1n) is 6.37. The van der Waals surface area contributed by atoms with Gasteiger partial charge in [-0.1, -0.05) is 34.2 Å². The number of aryl methyl sites for hydroxylation is 1. The van der Waals surface area contributed by atoms with Gasteiger partial charge in [-0.05, 0) is 48.4 Å². The lowest BCUT2D eigenvalue weighted by Crippen LogP contribution is -2.12. The van der Waals surface area contributed by atoms with Crippen molar-refractivity contribution in [3.63, 3.8) is 0 Å². The second kappa shape index (κ2) is 6.91. The molecule has 3 nitrogen and oxygen atoms in total. The van der Waals surface area contributed by atoms with Crippen molar-refractivity contribution in [3.8, 4) is 11.5 Å². The maximum atomic E-state index is 5.79. The third kappa shape index (κ3) is 3.95. The molecule has 0 radical (unpaired) electrons. The molecule has 5 heteroatoms. The van der Waals surface area contributed by atoms with Crippen LogP contribution in [-0.4, -0.2) is 12.1 Å². The van der Waals surface area contributed by atoms with Crippen LogP contribution >= 0.6 is 28.1 Å². The summed E-state index contributed by atoms with van der Waals surface area (Å²) in [6, 6.07) is 11.6. The summed E-state index contributed by atoms with van der Waals surface area (Å²) in [4.78, 5) is 0.313. The molecule has 0 aliphatic heterocycles. The monoisotopic (exact) mass is 365 g/mol. The molecule has 0 saturated carbocycles. The molecule has 0 atom stereocenters. The first-order valence-corrected chi connectivity index (χ1v) is 7.57. The van der Waals surface area contributed by atoms with Gasteiger partial charge in [-0.3, -0.25) is 0 Å². The molecule has 0 fully saturated rings. The molecule has 2 rings (SSSR count). The second-order valence-electron chi connectivity index (χ2n) is 4.60. The maximum Gasteiger partial charge on any atom is 0.129 e. The van der Waals surface area contributed by atoms with Crippen LogP contribution in [0.2, 0.25) is 0 Å². The van der Waals surface area contributed by atoms with Crippen molar-refractivity contribution in [2.24, 2.45) is 5.73 Å². The fourth-order valence-electron chi connectivity index (χ4n) is 1.91. The summed E-state index contributed by atoms with van der Waals surface area (Å²) in [6.07, 6.45) is 0. The summed E-state index contributed by atoms with van der Waals surface area (Å²) in [5, 5.41) is 0. The Bertz CT molecular complexity index is 673. The molecule has 2 aromatic carbocycles. The van der Waals surface area contributed by atoms with Gasteiger partial charge in [-0.25, -0.2) is 0 Å². The highest BCUT2D eigenvalue weighted by atomic mass is 79.9. The van der Waals surface area contributed by atoms with Crippen LogP contribution in [0.4, 0.5) is 0 Å². The number of hydrogen-bond donors (Lipinski definition) is 1. The Kier molecular flexibility index (Phi) is 5.20. The van der Waals surface area contributed by atoms with E-state index in [0.29, 0.717) is 17.3 Å². The highest BCUT2D eigenvalue weighted by Crippen LogP contribution is 2.24.